The van der Waals surface area contributed by atoms with Crippen molar-refractivity contribution in [2.24, 2.45) is 0 Å². The van der Waals surface area contributed by atoms with E-state index in [0.29, 0.717) is 0 Å². The third-order valence-electron chi connectivity index (χ3n) is 3.56. The summed E-state index contributed by atoms with van der Waals surface area (Å²) in [4.78, 5) is 4.47. The lowest BCUT2D eigenvalue weighted by molar-refractivity contribution is 0.488. The van der Waals surface area contributed by atoms with Gasteiger partial charge < -0.3 is 4.55 Å². The molecule has 1 heterocycles. The Labute approximate surface area is 119 Å². The quantitative estimate of drug-likeness (QED) is 0.866. The van der Waals surface area contributed by atoms with Gasteiger partial charge in [-0.15, -0.1) is 4.72 Å². The van der Waals surface area contributed by atoms with Crippen LogP contribution in [0.15, 0.2) is 12.3 Å². The third-order valence-corrected chi connectivity index (χ3v) is 5.17. The first-order valence-electron chi connectivity index (χ1n) is 7.07. The Bertz CT molecular complexity index is 442. The maximum atomic E-state index is 12.3. The van der Waals surface area contributed by atoms with E-state index in [0.717, 1.165) is 31.4 Å². The molecule has 0 saturated heterocycles. The first kappa shape index (κ1) is 14.8. The number of fused-ring (bicyclic) bond motifs is 1. The molecule has 0 radical (unpaired) electrons. The van der Waals surface area contributed by atoms with Crippen molar-refractivity contribution in [3.8, 4) is 0 Å². The summed E-state index contributed by atoms with van der Waals surface area (Å²) in [5.74, 6) is 0. The van der Waals surface area contributed by atoms with Crippen LogP contribution < -0.4 is 4.72 Å². The number of hydrogen-bond donors (Lipinski definition) is 1. The highest BCUT2D eigenvalue weighted by atomic mass is 32.2. The average molecular weight is 280 g/mol. The number of nitrogens with zero attached hydrogens (tertiary/aromatic N) is 1. The molecular formula is C15H24N2OS. The van der Waals surface area contributed by atoms with Gasteiger partial charge in [-0.1, -0.05) is 6.92 Å². The number of nitrogens with one attached hydrogen (secondary N) is 1. The van der Waals surface area contributed by atoms with Gasteiger partial charge in [0, 0.05) is 23.3 Å². The molecule has 3 nitrogen and oxygen atoms in total. The normalized spacial score (nSPS) is 21.0. The van der Waals surface area contributed by atoms with Gasteiger partial charge in [0.1, 0.15) is 4.75 Å². The highest BCUT2D eigenvalue weighted by molar-refractivity contribution is 7.90. The van der Waals surface area contributed by atoms with Gasteiger partial charge in [-0.2, -0.15) is 0 Å². The lowest BCUT2D eigenvalue weighted by Gasteiger charge is -2.31. The summed E-state index contributed by atoms with van der Waals surface area (Å²) >= 11 is -1.02. The van der Waals surface area contributed by atoms with Gasteiger partial charge >= 0.3 is 0 Å². The second-order valence-corrected chi connectivity index (χ2v) is 8.17. The molecule has 106 valence electrons. The van der Waals surface area contributed by atoms with E-state index in [1.165, 1.54) is 11.1 Å². The molecule has 2 rings (SSSR count). The maximum Gasteiger partial charge on any atom is 0.136 e. The predicted octanol–water partition coefficient (Wildman–Crippen LogP) is 3.07. The molecule has 1 aromatic heterocycles. The van der Waals surface area contributed by atoms with Gasteiger partial charge in [0.05, 0.1) is 6.04 Å². The van der Waals surface area contributed by atoms with E-state index >= 15 is 0 Å². The fourth-order valence-electron chi connectivity index (χ4n) is 2.35. The van der Waals surface area contributed by atoms with Crippen molar-refractivity contribution in [2.45, 2.75) is 64.2 Å². The zero-order valence-electron chi connectivity index (χ0n) is 12.3. The van der Waals surface area contributed by atoms with Crippen LogP contribution in [0.1, 0.15) is 63.4 Å². The number of pyridine rings is 1. The molecular weight excluding hydrogens is 256 g/mol. The number of hydrogen-bond acceptors (Lipinski definition) is 3. The molecule has 1 aliphatic carbocycles. The van der Waals surface area contributed by atoms with E-state index in [4.69, 9.17) is 0 Å². The highest BCUT2D eigenvalue weighted by Gasteiger charge is 2.31. The van der Waals surface area contributed by atoms with E-state index in [1.54, 1.807) is 0 Å². The van der Waals surface area contributed by atoms with Crippen molar-refractivity contribution >= 4 is 11.4 Å². The predicted molar refractivity (Wildman–Crippen MR) is 80.3 cm³/mol. The van der Waals surface area contributed by atoms with Crippen LogP contribution in [0.4, 0.5) is 0 Å². The number of aromatic nitrogens is 1. The molecule has 0 amide bonds. The SMILES string of the molecule is CCc1cc2c(cn1)CCC[C@@H]2N[S+]([O-])C(C)(C)C. The Kier molecular flexibility index (Phi) is 4.54. The zero-order chi connectivity index (χ0) is 14.0. The van der Waals surface area contributed by atoms with Crippen LogP contribution in [0.25, 0.3) is 0 Å². The first-order valence-corrected chi connectivity index (χ1v) is 8.22. The topological polar surface area (TPSA) is 48.0 Å². The molecule has 0 aliphatic heterocycles. The van der Waals surface area contributed by atoms with E-state index < -0.39 is 11.4 Å². The van der Waals surface area contributed by atoms with Crippen molar-refractivity contribution in [2.75, 3.05) is 0 Å². The first-order chi connectivity index (χ1) is 8.91. The fraction of sp³-hybridized carbons (Fsp3) is 0.667. The van der Waals surface area contributed by atoms with Gasteiger partial charge in [-0.25, -0.2) is 0 Å². The molecule has 0 bridgehead atoms. The zero-order valence-corrected chi connectivity index (χ0v) is 13.1. The summed E-state index contributed by atoms with van der Waals surface area (Å²) in [5, 5.41) is 0. The summed E-state index contributed by atoms with van der Waals surface area (Å²) in [7, 11) is 0. The lowest BCUT2D eigenvalue weighted by atomic mass is 9.89. The Morgan fingerprint density at radius 1 is 1.47 bits per heavy atom. The van der Waals surface area contributed by atoms with Gasteiger partial charge in [0.15, 0.2) is 0 Å². The molecule has 0 aromatic carbocycles. The van der Waals surface area contributed by atoms with Gasteiger partial charge in [-0.3, -0.25) is 4.98 Å². The summed E-state index contributed by atoms with van der Waals surface area (Å²) in [6.07, 6.45) is 6.23. The molecule has 0 spiro atoms. The highest BCUT2D eigenvalue weighted by Crippen LogP contribution is 2.31. The maximum absolute atomic E-state index is 12.3. The van der Waals surface area contributed by atoms with E-state index in [1.807, 2.05) is 27.0 Å². The van der Waals surface area contributed by atoms with Crippen molar-refractivity contribution in [1.29, 1.82) is 0 Å². The van der Waals surface area contributed by atoms with E-state index in [9.17, 15) is 4.55 Å². The van der Waals surface area contributed by atoms with Crippen molar-refractivity contribution in [3.63, 3.8) is 0 Å². The van der Waals surface area contributed by atoms with E-state index in [-0.39, 0.29) is 10.8 Å². The third kappa shape index (κ3) is 3.50. The Morgan fingerprint density at radius 2 is 2.21 bits per heavy atom. The van der Waals surface area contributed by atoms with Crippen LogP contribution in [0.5, 0.6) is 0 Å². The summed E-state index contributed by atoms with van der Waals surface area (Å²) in [5.41, 5.74) is 3.73. The number of aryl methyl sites for hydroxylation is 2. The van der Waals surface area contributed by atoms with Crippen LogP contribution >= 0.6 is 0 Å². The second kappa shape index (κ2) is 5.81. The lowest BCUT2D eigenvalue weighted by Crippen LogP contribution is -2.42. The second-order valence-electron chi connectivity index (χ2n) is 6.17. The Morgan fingerprint density at radius 3 is 2.84 bits per heavy atom. The van der Waals surface area contributed by atoms with Crippen LogP contribution in [0, 0.1) is 0 Å². The number of rotatable bonds is 3. The van der Waals surface area contributed by atoms with Crippen LogP contribution in [0.2, 0.25) is 0 Å². The monoisotopic (exact) mass is 280 g/mol. The van der Waals surface area contributed by atoms with Gasteiger partial charge in [-0.05, 0) is 63.6 Å². The minimum Gasteiger partial charge on any atom is -0.598 e. The minimum atomic E-state index is -1.02. The molecule has 1 N–H and O–H groups in total. The fourth-order valence-corrected chi connectivity index (χ4v) is 3.21. The molecule has 0 saturated carbocycles. The standard InChI is InChI=1S/C15H24N2OS/c1-5-12-9-13-11(10-16-12)7-6-8-14(13)17-19(18)15(2,3)4/h9-10,14,17H,5-8H2,1-4H3/t14-,19?/m0/s1. The largest absolute Gasteiger partial charge is 0.598 e. The minimum absolute atomic E-state index is 0.206. The molecule has 1 aromatic rings. The average Bonchev–Trinajstić information content (AvgIpc) is 2.37. The molecule has 4 heteroatoms. The smallest absolute Gasteiger partial charge is 0.136 e. The van der Waals surface area contributed by atoms with Crippen LogP contribution in [0.3, 0.4) is 0 Å². The van der Waals surface area contributed by atoms with Crippen molar-refractivity contribution < 1.29 is 4.55 Å². The molecule has 19 heavy (non-hydrogen) atoms. The van der Waals surface area contributed by atoms with E-state index in [2.05, 4.69) is 22.7 Å². The van der Waals surface area contributed by atoms with Gasteiger partial charge in [0.2, 0.25) is 0 Å². The Balaban J connectivity index is 2.21. The van der Waals surface area contributed by atoms with Crippen molar-refractivity contribution in [3.05, 3.63) is 29.1 Å². The van der Waals surface area contributed by atoms with Crippen LogP contribution in [-0.2, 0) is 24.2 Å². The van der Waals surface area contributed by atoms with Gasteiger partial charge in [0.25, 0.3) is 0 Å². The molecule has 1 aliphatic rings. The summed E-state index contributed by atoms with van der Waals surface area (Å²) < 4.78 is 15.4. The molecule has 2 atom stereocenters. The molecule has 1 unspecified atom stereocenters. The molecule has 0 fully saturated rings. The summed E-state index contributed by atoms with van der Waals surface area (Å²) in [6.45, 7) is 8.13. The Hall–Kier alpha value is -0.580. The van der Waals surface area contributed by atoms with Crippen molar-refractivity contribution in [1.82, 2.24) is 9.71 Å². The summed E-state index contributed by atoms with van der Waals surface area (Å²) in [6, 6.07) is 2.39. The van der Waals surface area contributed by atoms with Crippen LogP contribution in [-0.4, -0.2) is 14.3 Å².